The van der Waals surface area contributed by atoms with Gasteiger partial charge in [-0.15, -0.1) is 0 Å². The molecule has 7 heteroatoms. The quantitative estimate of drug-likeness (QED) is 0.531. The maximum Gasteiger partial charge on any atom is 0.337 e. The van der Waals surface area contributed by atoms with Crippen LogP contribution < -0.4 is 5.32 Å². The average Bonchev–Trinajstić information content (AvgIpc) is 3.19. The number of benzene rings is 1. The summed E-state index contributed by atoms with van der Waals surface area (Å²) in [6, 6.07) is 3.50. The molecule has 1 atom stereocenters. The second-order valence-electron chi connectivity index (χ2n) is 4.58. The predicted octanol–water partition coefficient (Wildman–Crippen LogP) is 1.48. The molecule has 1 fully saturated rings. The van der Waals surface area contributed by atoms with Gasteiger partial charge in [0.25, 0.3) is 5.69 Å². The molecule has 0 saturated heterocycles. The van der Waals surface area contributed by atoms with Crippen molar-refractivity contribution < 1.29 is 19.9 Å². The standard InChI is InChI=1S/C12H14N2O5/c15-11(7-1-2-7)6-13-10-5-8(14(18)19)3-4-9(10)12(16)17/h3-5,7,11,13,15H,1-2,6H2,(H,16,17). The van der Waals surface area contributed by atoms with Gasteiger partial charge in [-0.1, -0.05) is 0 Å². The molecule has 0 amide bonds. The minimum absolute atomic E-state index is 0.0476. The van der Waals surface area contributed by atoms with Gasteiger partial charge in [0.05, 0.1) is 22.3 Å². The van der Waals surface area contributed by atoms with Crippen LogP contribution in [-0.4, -0.2) is 33.8 Å². The van der Waals surface area contributed by atoms with Crippen LogP contribution in [0.2, 0.25) is 0 Å². The summed E-state index contributed by atoms with van der Waals surface area (Å²) in [5.41, 5.74) is -0.0802. The summed E-state index contributed by atoms with van der Waals surface area (Å²) in [7, 11) is 0. The lowest BCUT2D eigenvalue weighted by Gasteiger charge is -2.13. The Morgan fingerprint density at radius 1 is 1.53 bits per heavy atom. The number of aliphatic hydroxyl groups excluding tert-OH is 1. The molecule has 0 spiro atoms. The molecule has 0 heterocycles. The van der Waals surface area contributed by atoms with Crippen LogP contribution in [0.5, 0.6) is 0 Å². The molecule has 1 aromatic rings. The zero-order valence-electron chi connectivity index (χ0n) is 10.1. The van der Waals surface area contributed by atoms with Gasteiger partial charge in [0.1, 0.15) is 0 Å². The number of nitrogens with zero attached hydrogens (tertiary/aromatic N) is 1. The third-order valence-electron chi connectivity index (χ3n) is 3.11. The summed E-state index contributed by atoms with van der Waals surface area (Å²) in [5, 5.41) is 32.2. The topological polar surface area (TPSA) is 113 Å². The van der Waals surface area contributed by atoms with Crippen LogP contribution in [0.4, 0.5) is 11.4 Å². The largest absolute Gasteiger partial charge is 0.478 e. The highest BCUT2D eigenvalue weighted by atomic mass is 16.6. The van der Waals surface area contributed by atoms with E-state index in [0.29, 0.717) is 0 Å². The second-order valence-corrected chi connectivity index (χ2v) is 4.58. The van der Waals surface area contributed by atoms with Crippen LogP contribution in [0.3, 0.4) is 0 Å². The number of aromatic carboxylic acids is 1. The Morgan fingerprint density at radius 3 is 2.74 bits per heavy atom. The SMILES string of the molecule is O=C(O)c1ccc([N+](=O)[O-])cc1NCC(O)C1CC1. The fraction of sp³-hybridized carbons (Fsp3) is 0.417. The summed E-state index contributed by atoms with van der Waals surface area (Å²) < 4.78 is 0. The van der Waals surface area contributed by atoms with Crippen molar-refractivity contribution in [3.8, 4) is 0 Å². The zero-order chi connectivity index (χ0) is 14.0. The molecule has 102 valence electrons. The monoisotopic (exact) mass is 266 g/mol. The number of aliphatic hydroxyl groups is 1. The first-order chi connectivity index (χ1) is 8.99. The number of hydrogen-bond donors (Lipinski definition) is 3. The zero-order valence-corrected chi connectivity index (χ0v) is 10.1. The molecule has 1 saturated carbocycles. The number of carboxylic acid groups (broad SMARTS) is 1. The van der Waals surface area contributed by atoms with E-state index in [1.807, 2.05) is 0 Å². The van der Waals surface area contributed by atoms with E-state index in [9.17, 15) is 20.0 Å². The lowest BCUT2D eigenvalue weighted by atomic mass is 10.1. The van der Waals surface area contributed by atoms with Crippen LogP contribution >= 0.6 is 0 Å². The normalized spacial score (nSPS) is 15.8. The fourth-order valence-corrected chi connectivity index (χ4v) is 1.84. The third-order valence-corrected chi connectivity index (χ3v) is 3.11. The van der Waals surface area contributed by atoms with Gasteiger partial charge in [0.2, 0.25) is 0 Å². The Balaban J connectivity index is 2.16. The van der Waals surface area contributed by atoms with Gasteiger partial charge in [0.15, 0.2) is 0 Å². The Bertz CT molecular complexity index is 513. The summed E-state index contributed by atoms with van der Waals surface area (Å²) in [6.45, 7) is 0.187. The van der Waals surface area contributed by atoms with E-state index in [4.69, 9.17) is 5.11 Å². The maximum absolute atomic E-state index is 11.0. The lowest BCUT2D eigenvalue weighted by Crippen LogP contribution is -2.22. The number of nitrogens with one attached hydrogen (secondary N) is 1. The number of non-ortho nitro benzene ring substituents is 1. The van der Waals surface area contributed by atoms with Crippen molar-refractivity contribution in [1.29, 1.82) is 0 Å². The Kier molecular flexibility index (Phi) is 3.66. The minimum atomic E-state index is -1.17. The van der Waals surface area contributed by atoms with Gasteiger partial charge in [-0.25, -0.2) is 4.79 Å². The van der Waals surface area contributed by atoms with Crippen molar-refractivity contribution in [2.45, 2.75) is 18.9 Å². The molecule has 0 radical (unpaired) electrons. The second kappa shape index (κ2) is 5.23. The first-order valence-corrected chi connectivity index (χ1v) is 5.92. The van der Waals surface area contributed by atoms with E-state index in [2.05, 4.69) is 5.32 Å². The number of carboxylic acids is 1. The van der Waals surface area contributed by atoms with Gasteiger partial charge >= 0.3 is 5.97 Å². The molecular formula is C12H14N2O5. The van der Waals surface area contributed by atoms with Crippen LogP contribution in [-0.2, 0) is 0 Å². The summed E-state index contributed by atoms with van der Waals surface area (Å²) in [4.78, 5) is 21.1. The minimum Gasteiger partial charge on any atom is -0.478 e. The molecule has 0 aromatic heterocycles. The summed E-state index contributed by atoms with van der Waals surface area (Å²) in [6.07, 6.45) is 1.37. The fourth-order valence-electron chi connectivity index (χ4n) is 1.84. The van der Waals surface area contributed by atoms with Crippen molar-refractivity contribution in [2.24, 2.45) is 5.92 Å². The maximum atomic E-state index is 11.0. The van der Waals surface area contributed by atoms with Crippen LogP contribution in [0.15, 0.2) is 18.2 Å². The van der Waals surface area contributed by atoms with Crippen molar-refractivity contribution in [3.63, 3.8) is 0 Å². The van der Waals surface area contributed by atoms with Crippen LogP contribution in [0, 0.1) is 16.0 Å². The highest BCUT2D eigenvalue weighted by Gasteiger charge is 2.29. The van der Waals surface area contributed by atoms with Gasteiger partial charge in [0, 0.05) is 18.7 Å². The van der Waals surface area contributed by atoms with Gasteiger partial charge in [-0.3, -0.25) is 10.1 Å². The van der Waals surface area contributed by atoms with Crippen molar-refractivity contribution in [1.82, 2.24) is 0 Å². The molecule has 1 aliphatic carbocycles. The first kappa shape index (κ1) is 13.3. The molecular weight excluding hydrogens is 252 g/mol. The van der Waals surface area contributed by atoms with Gasteiger partial charge in [-0.2, -0.15) is 0 Å². The van der Waals surface area contributed by atoms with E-state index in [1.165, 1.54) is 12.1 Å². The summed E-state index contributed by atoms with van der Waals surface area (Å²) in [5.74, 6) is -0.919. The average molecular weight is 266 g/mol. The van der Waals surface area contributed by atoms with E-state index in [1.54, 1.807) is 0 Å². The van der Waals surface area contributed by atoms with E-state index < -0.39 is 17.0 Å². The van der Waals surface area contributed by atoms with E-state index >= 15 is 0 Å². The van der Waals surface area contributed by atoms with Gasteiger partial charge in [-0.05, 0) is 24.8 Å². The van der Waals surface area contributed by atoms with Gasteiger partial charge < -0.3 is 15.5 Å². The molecule has 19 heavy (non-hydrogen) atoms. The molecule has 2 rings (SSSR count). The number of rotatable bonds is 6. The van der Waals surface area contributed by atoms with Crippen LogP contribution in [0.25, 0.3) is 0 Å². The Labute approximate surface area is 109 Å². The van der Waals surface area contributed by atoms with E-state index in [-0.39, 0.29) is 29.4 Å². The molecule has 1 aliphatic rings. The summed E-state index contributed by atoms with van der Waals surface area (Å²) >= 11 is 0. The first-order valence-electron chi connectivity index (χ1n) is 5.92. The smallest absolute Gasteiger partial charge is 0.337 e. The van der Waals surface area contributed by atoms with Crippen molar-refractivity contribution in [3.05, 3.63) is 33.9 Å². The number of nitro groups is 1. The number of anilines is 1. The predicted molar refractivity (Wildman–Crippen MR) is 67.3 cm³/mol. The molecule has 3 N–H and O–H groups in total. The number of nitro benzene ring substituents is 1. The molecule has 0 aliphatic heterocycles. The van der Waals surface area contributed by atoms with Crippen molar-refractivity contribution >= 4 is 17.3 Å². The molecule has 7 nitrogen and oxygen atoms in total. The van der Waals surface area contributed by atoms with Crippen LogP contribution in [0.1, 0.15) is 23.2 Å². The number of carbonyl (C=O) groups is 1. The van der Waals surface area contributed by atoms with Crippen molar-refractivity contribution in [2.75, 3.05) is 11.9 Å². The third kappa shape index (κ3) is 3.19. The highest BCUT2D eigenvalue weighted by Crippen LogP contribution is 2.33. The highest BCUT2D eigenvalue weighted by molar-refractivity contribution is 5.94. The Hall–Kier alpha value is -2.15. The number of hydrogen-bond acceptors (Lipinski definition) is 5. The Morgan fingerprint density at radius 2 is 2.21 bits per heavy atom. The lowest BCUT2D eigenvalue weighted by molar-refractivity contribution is -0.384. The molecule has 1 aromatic carbocycles. The van der Waals surface area contributed by atoms with E-state index in [0.717, 1.165) is 18.9 Å². The molecule has 1 unspecified atom stereocenters. The molecule has 0 bridgehead atoms.